The molecule has 0 amide bonds. The van der Waals surface area contributed by atoms with Gasteiger partial charge in [0.05, 0.1) is 0 Å². The summed E-state index contributed by atoms with van der Waals surface area (Å²) in [6.45, 7) is 6.63. The van der Waals surface area contributed by atoms with Crippen LogP contribution in [0.4, 0.5) is 0 Å². The first-order chi connectivity index (χ1) is 30.5. The van der Waals surface area contributed by atoms with Crippen molar-refractivity contribution in [1.82, 2.24) is 0 Å². The van der Waals surface area contributed by atoms with Crippen molar-refractivity contribution < 1.29 is 28.6 Å². The number of carbonyl (C=O) groups is 3. The third kappa shape index (κ3) is 48.9. The molecule has 0 radical (unpaired) electrons. The Balaban J connectivity index is 4.25. The molecule has 0 spiro atoms. The highest BCUT2D eigenvalue weighted by Gasteiger charge is 2.19. The Morgan fingerprint density at radius 2 is 0.565 bits per heavy atom. The van der Waals surface area contributed by atoms with Crippen molar-refractivity contribution in [2.24, 2.45) is 0 Å². The maximum absolute atomic E-state index is 12.8. The fourth-order valence-corrected chi connectivity index (χ4v) is 8.08. The lowest BCUT2D eigenvalue weighted by Gasteiger charge is -2.18. The van der Waals surface area contributed by atoms with Gasteiger partial charge in [0.2, 0.25) is 0 Å². The second-order valence-electron chi connectivity index (χ2n) is 18.5. The Kier molecular flexibility index (Phi) is 49.8. The summed E-state index contributed by atoms with van der Waals surface area (Å²) in [5.41, 5.74) is 0. The molecule has 0 heterocycles. The van der Waals surface area contributed by atoms with Crippen LogP contribution in [0.25, 0.3) is 0 Å². The van der Waals surface area contributed by atoms with E-state index in [9.17, 15) is 14.4 Å². The number of esters is 3. The third-order valence-electron chi connectivity index (χ3n) is 12.2. The third-order valence-corrected chi connectivity index (χ3v) is 12.2. The summed E-state index contributed by atoms with van der Waals surface area (Å²) in [6, 6.07) is 0. The molecule has 1 unspecified atom stereocenters. The number of rotatable bonds is 50. The molecule has 0 aliphatic carbocycles. The zero-order valence-corrected chi connectivity index (χ0v) is 41.7. The van der Waals surface area contributed by atoms with Crippen LogP contribution >= 0.6 is 0 Å². The first-order valence-corrected chi connectivity index (χ1v) is 27.4. The second-order valence-corrected chi connectivity index (χ2v) is 18.5. The molecule has 0 aliphatic rings. The molecule has 1 atom stereocenters. The van der Waals surface area contributed by atoms with E-state index in [4.69, 9.17) is 14.2 Å². The summed E-state index contributed by atoms with van der Waals surface area (Å²) >= 11 is 0. The monoisotopic (exact) mass is 873 g/mol. The van der Waals surface area contributed by atoms with Gasteiger partial charge in [-0.3, -0.25) is 14.4 Å². The van der Waals surface area contributed by atoms with Crippen LogP contribution in [0.5, 0.6) is 0 Å². The van der Waals surface area contributed by atoms with Gasteiger partial charge in [-0.05, 0) is 44.9 Å². The first kappa shape index (κ1) is 59.9. The van der Waals surface area contributed by atoms with Crippen LogP contribution in [0.1, 0.15) is 297 Å². The Labute approximate surface area is 385 Å². The highest BCUT2D eigenvalue weighted by atomic mass is 16.6. The van der Waals surface area contributed by atoms with E-state index in [1.54, 1.807) is 0 Å². The molecule has 0 saturated heterocycles. The lowest BCUT2D eigenvalue weighted by atomic mass is 10.0. The maximum atomic E-state index is 12.8. The van der Waals surface area contributed by atoms with E-state index in [1.165, 1.54) is 199 Å². The van der Waals surface area contributed by atoms with Gasteiger partial charge in [-0.1, -0.05) is 257 Å². The molecule has 0 fully saturated rings. The van der Waals surface area contributed by atoms with Crippen molar-refractivity contribution in [2.75, 3.05) is 13.2 Å². The predicted octanol–water partition coefficient (Wildman–Crippen LogP) is 17.9. The molecule has 0 aromatic carbocycles. The molecule has 0 saturated carbocycles. The van der Waals surface area contributed by atoms with Crippen molar-refractivity contribution in [2.45, 2.75) is 303 Å². The summed E-state index contributed by atoms with van der Waals surface area (Å²) in [7, 11) is 0. The van der Waals surface area contributed by atoms with Gasteiger partial charge in [-0.2, -0.15) is 0 Å². The van der Waals surface area contributed by atoms with Gasteiger partial charge in [0.25, 0.3) is 0 Å². The smallest absolute Gasteiger partial charge is 0.306 e. The summed E-state index contributed by atoms with van der Waals surface area (Å²) < 4.78 is 16.8. The van der Waals surface area contributed by atoms with Crippen molar-refractivity contribution in [3.05, 3.63) is 24.3 Å². The minimum atomic E-state index is -0.765. The Hall–Kier alpha value is -2.11. The van der Waals surface area contributed by atoms with Crippen molar-refractivity contribution in [1.29, 1.82) is 0 Å². The number of unbranched alkanes of at least 4 members (excludes halogenated alkanes) is 36. The van der Waals surface area contributed by atoms with Crippen LogP contribution < -0.4 is 0 Å². The van der Waals surface area contributed by atoms with Crippen LogP contribution in [0, 0.1) is 0 Å². The minimum Gasteiger partial charge on any atom is -0.462 e. The predicted molar refractivity (Wildman–Crippen MR) is 266 cm³/mol. The van der Waals surface area contributed by atoms with Gasteiger partial charge in [0, 0.05) is 19.3 Å². The summed E-state index contributed by atoms with van der Waals surface area (Å²) in [5.74, 6) is -0.856. The molecule has 6 nitrogen and oxygen atoms in total. The molecule has 0 N–H and O–H groups in total. The van der Waals surface area contributed by atoms with Gasteiger partial charge in [-0.25, -0.2) is 0 Å². The fourth-order valence-electron chi connectivity index (χ4n) is 8.08. The van der Waals surface area contributed by atoms with E-state index < -0.39 is 6.10 Å². The van der Waals surface area contributed by atoms with Crippen molar-refractivity contribution in [3.8, 4) is 0 Å². The molecular formula is C56H104O6. The van der Waals surface area contributed by atoms with Gasteiger partial charge < -0.3 is 14.2 Å². The van der Waals surface area contributed by atoms with E-state index in [0.29, 0.717) is 19.3 Å². The summed E-state index contributed by atoms with van der Waals surface area (Å²) in [6.07, 6.45) is 58.8. The average Bonchev–Trinajstić information content (AvgIpc) is 3.27. The van der Waals surface area contributed by atoms with Crippen LogP contribution in [0.15, 0.2) is 24.3 Å². The van der Waals surface area contributed by atoms with Crippen LogP contribution in [0.3, 0.4) is 0 Å². The second kappa shape index (κ2) is 51.5. The highest BCUT2D eigenvalue weighted by Crippen LogP contribution is 2.16. The van der Waals surface area contributed by atoms with Crippen LogP contribution in [0.2, 0.25) is 0 Å². The van der Waals surface area contributed by atoms with E-state index in [-0.39, 0.29) is 31.1 Å². The molecule has 364 valence electrons. The van der Waals surface area contributed by atoms with Crippen molar-refractivity contribution >= 4 is 17.9 Å². The molecule has 0 aromatic rings. The first-order valence-electron chi connectivity index (χ1n) is 27.4. The SMILES string of the molecule is CCCCC/C=C\C=C/CCCCCCCCCCCCC(=O)OCC(COC(=O)CCCCCCCCCCC)OC(=O)CCCCCCCCCCCCCCCCCC. The quantitative estimate of drug-likeness (QED) is 0.0262. The summed E-state index contributed by atoms with van der Waals surface area (Å²) in [4.78, 5) is 38.0. The Bertz CT molecular complexity index is 1000. The number of carbonyl (C=O) groups excluding carboxylic acids is 3. The number of allylic oxidation sites excluding steroid dienone is 4. The normalized spacial score (nSPS) is 12.1. The van der Waals surface area contributed by atoms with Gasteiger partial charge in [0.15, 0.2) is 6.10 Å². The van der Waals surface area contributed by atoms with Crippen molar-refractivity contribution in [3.63, 3.8) is 0 Å². The fraction of sp³-hybridized carbons (Fsp3) is 0.875. The minimum absolute atomic E-state index is 0.0673. The zero-order chi connectivity index (χ0) is 45.1. The lowest BCUT2D eigenvalue weighted by Crippen LogP contribution is -2.30. The maximum Gasteiger partial charge on any atom is 0.306 e. The standard InChI is InChI=1S/C56H104O6/c1-4-7-10-13-16-19-21-23-25-27-28-29-31-32-34-37-40-43-46-49-55(58)61-52-53(51-60-54(57)48-45-42-39-36-18-15-12-9-6-3)62-56(59)50-47-44-41-38-35-33-30-26-24-22-20-17-14-11-8-5-2/h16,19,21,23,53H,4-15,17-18,20,22,24-52H2,1-3H3/b19-16-,23-21-. The molecule has 0 bridgehead atoms. The van der Waals surface area contributed by atoms with Crippen LogP contribution in [-0.2, 0) is 28.6 Å². The largest absolute Gasteiger partial charge is 0.462 e. The topological polar surface area (TPSA) is 78.9 Å². The Morgan fingerprint density at radius 1 is 0.323 bits per heavy atom. The number of ether oxygens (including phenoxy) is 3. The van der Waals surface area contributed by atoms with Gasteiger partial charge in [-0.15, -0.1) is 0 Å². The highest BCUT2D eigenvalue weighted by molar-refractivity contribution is 5.71. The van der Waals surface area contributed by atoms with E-state index in [1.807, 2.05) is 0 Å². The zero-order valence-electron chi connectivity index (χ0n) is 41.7. The van der Waals surface area contributed by atoms with Gasteiger partial charge in [0.1, 0.15) is 13.2 Å². The molecule has 0 aliphatic heterocycles. The van der Waals surface area contributed by atoms with Crippen LogP contribution in [-0.4, -0.2) is 37.2 Å². The molecule has 0 rings (SSSR count). The van der Waals surface area contributed by atoms with E-state index >= 15 is 0 Å². The van der Waals surface area contributed by atoms with E-state index in [2.05, 4.69) is 45.1 Å². The molecular weight excluding hydrogens is 769 g/mol. The summed E-state index contributed by atoms with van der Waals surface area (Å²) in [5, 5.41) is 0. The Morgan fingerprint density at radius 3 is 0.887 bits per heavy atom. The molecule has 62 heavy (non-hydrogen) atoms. The lowest BCUT2D eigenvalue weighted by molar-refractivity contribution is -0.167. The number of hydrogen-bond acceptors (Lipinski definition) is 6. The number of hydrogen-bond donors (Lipinski definition) is 0. The molecule has 0 aromatic heterocycles. The average molecular weight is 873 g/mol. The van der Waals surface area contributed by atoms with Gasteiger partial charge >= 0.3 is 17.9 Å². The van der Waals surface area contributed by atoms with E-state index in [0.717, 1.165) is 57.8 Å². The molecule has 6 heteroatoms.